The molecule has 0 radical (unpaired) electrons. The number of furan rings is 1. The molecule has 2 amide bonds. The standard InChI is InChI=1S/C15H22N2O5/c1-3-4-6-11(15(20)21)10(2)9-13(18)16-17-14(19)12-7-5-8-22-12/h5,7-8,10-11H,3-4,6,9H2,1-2H3,(H,16,18)(H,17,19)(H,20,21)/p-1. The first-order chi connectivity index (χ1) is 10.5. The normalized spacial score (nSPS) is 13.2. The van der Waals surface area contributed by atoms with Crippen LogP contribution in [0.5, 0.6) is 0 Å². The SMILES string of the molecule is CCCCC(C(=O)[O-])C(C)CC(=O)NNC(=O)c1ccco1. The maximum Gasteiger partial charge on any atom is 0.305 e. The van der Waals surface area contributed by atoms with E-state index >= 15 is 0 Å². The number of hydrazine groups is 1. The molecule has 2 atom stereocenters. The minimum atomic E-state index is -1.15. The van der Waals surface area contributed by atoms with Crippen molar-refractivity contribution in [2.24, 2.45) is 11.8 Å². The van der Waals surface area contributed by atoms with Gasteiger partial charge in [-0.25, -0.2) is 0 Å². The summed E-state index contributed by atoms with van der Waals surface area (Å²) in [5.74, 6) is -3.16. The zero-order valence-electron chi connectivity index (χ0n) is 12.8. The number of aliphatic carboxylic acids is 1. The van der Waals surface area contributed by atoms with Crippen LogP contribution in [-0.2, 0) is 9.59 Å². The number of carboxylic acid groups (broad SMARTS) is 1. The maximum atomic E-state index is 11.8. The highest BCUT2D eigenvalue weighted by atomic mass is 16.4. The fourth-order valence-corrected chi connectivity index (χ4v) is 2.14. The van der Waals surface area contributed by atoms with E-state index in [4.69, 9.17) is 4.42 Å². The van der Waals surface area contributed by atoms with Gasteiger partial charge >= 0.3 is 5.91 Å². The number of rotatable bonds is 8. The van der Waals surface area contributed by atoms with E-state index in [2.05, 4.69) is 10.9 Å². The first-order valence-electron chi connectivity index (χ1n) is 7.29. The van der Waals surface area contributed by atoms with Gasteiger partial charge in [0.2, 0.25) is 5.91 Å². The van der Waals surface area contributed by atoms with Gasteiger partial charge in [0, 0.05) is 18.3 Å². The van der Waals surface area contributed by atoms with Crippen molar-refractivity contribution >= 4 is 17.8 Å². The van der Waals surface area contributed by atoms with Crippen LogP contribution in [0.3, 0.4) is 0 Å². The van der Waals surface area contributed by atoms with Gasteiger partial charge in [0.05, 0.1) is 6.26 Å². The van der Waals surface area contributed by atoms with Crippen molar-refractivity contribution in [3.05, 3.63) is 24.2 Å². The quantitative estimate of drug-likeness (QED) is 0.684. The topological polar surface area (TPSA) is 111 Å². The Bertz CT molecular complexity index is 498. The van der Waals surface area contributed by atoms with E-state index in [-0.39, 0.29) is 18.1 Å². The minimum Gasteiger partial charge on any atom is -0.550 e. The van der Waals surface area contributed by atoms with E-state index in [0.717, 1.165) is 12.8 Å². The Morgan fingerprint density at radius 3 is 2.59 bits per heavy atom. The zero-order chi connectivity index (χ0) is 16.5. The average molecular weight is 309 g/mol. The van der Waals surface area contributed by atoms with E-state index in [1.165, 1.54) is 12.3 Å². The van der Waals surface area contributed by atoms with Gasteiger partial charge in [0.15, 0.2) is 5.76 Å². The van der Waals surface area contributed by atoms with Gasteiger partial charge in [-0.3, -0.25) is 20.4 Å². The lowest BCUT2D eigenvalue weighted by molar-refractivity contribution is -0.313. The summed E-state index contributed by atoms with van der Waals surface area (Å²) in [6.07, 6.45) is 3.45. The van der Waals surface area contributed by atoms with Gasteiger partial charge in [-0.2, -0.15) is 0 Å². The van der Waals surface area contributed by atoms with Crippen molar-refractivity contribution in [1.29, 1.82) is 0 Å². The molecule has 0 aliphatic rings. The second-order valence-corrected chi connectivity index (χ2v) is 5.23. The number of hydrogen-bond acceptors (Lipinski definition) is 5. The van der Waals surface area contributed by atoms with Gasteiger partial charge in [-0.1, -0.05) is 26.7 Å². The smallest absolute Gasteiger partial charge is 0.305 e. The summed E-state index contributed by atoms with van der Waals surface area (Å²) >= 11 is 0. The predicted molar refractivity (Wildman–Crippen MR) is 76.1 cm³/mol. The van der Waals surface area contributed by atoms with Crippen LogP contribution < -0.4 is 16.0 Å². The molecule has 0 fully saturated rings. The molecule has 1 rings (SSSR count). The Morgan fingerprint density at radius 1 is 1.32 bits per heavy atom. The van der Waals surface area contributed by atoms with Crippen molar-refractivity contribution in [2.45, 2.75) is 39.5 Å². The number of nitrogens with one attached hydrogen (secondary N) is 2. The highest BCUT2D eigenvalue weighted by Crippen LogP contribution is 2.21. The molecule has 0 saturated carbocycles. The van der Waals surface area contributed by atoms with Crippen molar-refractivity contribution < 1.29 is 23.9 Å². The number of carbonyl (C=O) groups excluding carboxylic acids is 3. The lowest BCUT2D eigenvalue weighted by Gasteiger charge is -2.24. The van der Waals surface area contributed by atoms with Crippen LogP contribution in [0.1, 0.15) is 50.1 Å². The summed E-state index contributed by atoms with van der Waals surface area (Å²) in [6.45, 7) is 3.65. The third-order valence-corrected chi connectivity index (χ3v) is 3.43. The summed E-state index contributed by atoms with van der Waals surface area (Å²) in [7, 11) is 0. The summed E-state index contributed by atoms with van der Waals surface area (Å²) in [5, 5.41) is 11.1. The van der Waals surface area contributed by atoms with Crippen LogP contribution in [0.2, 0.25) is 0 Å². The van der Waals surface area contributed by atoms with E-state index < -0.39 is 23.7 Å². The second-order valence-electron chi connectivity index (χ2n) is 5.23. The van der Waals surface area contributed by atoms with Crippen molar-refractivity contribution in [3.8, 4) is 0 Å². The molecular formula is C15H21N2O5-. The van der Waals surface area contributed by atoms with Crippen molar-refractivity contribution in [1.82, 2.24) is 10.9 Å². The molecule has 22 heavy (non-hydrogen) atoms. The molecule has 0 aliphatic heterocycles. The Hall–Kier alpha value is -2.31. The second kappa shape index (κ2) is 8.86. The Morgan fingerprint density at radius 2 is 2.05 bits per heavy atom. The lowest BCUT2D eigenvalue weighted by Crippen LogP contribution is -2.43. The molecule has 1 aromatic heterocycles. The van der Waals surface area contributed by atoms with Crippen LogP contribution in [0.25, 0.3) is 0 Å². The summed E-state index contributed by atoms with van der Waals surface area (Å²) in [5.41, 5.74) is 4.45. The highest BCUT2D eigenvalue weighted by Gasteiger charge is 2.21. The number of unbranched alkanes of at least 4 members (excludes halogenated alkanes) is 1. The summed E-state index contributed by atoms with van der Waals surface area (Å²) < 4.78 is 4.87. The Kier molecular flexibility index (Phi) is 7.15. The molecule has 2 N–H and O–H groups in total. The molecular weight excluding hydrogens is 288 g/mol. The molecule has 0 aromatic carbocycles. The highest BCUT2D eigenvalue weighted by molar-refractivity contribution is 5.92. The van der Waals surface area contributed by atoms with Gasteiger partial charge in [0.1, 0.15) is 0 Å². The third-order valence-electron chi connectivity index (χ3n) is 3.43. The molecule has 2 unspecified atom stereocenters. The van der Waals surface area contributed by atoms with Crippen LogP contribution in [0, 0.1) is 11.8 Å². The van der Waals surface area contributed by atoms with Crippen molar-refractivity contribution in [2.75, 3.05) is 0 Å². The maximum absolute atomic E-state index is 11.8. The Balaban J connectivity index is 2.42. The lowest BCUT2D eigenvalue weighted by atomic mass is 9.87. The first-order valence-corrected chi connectivity index (χ1v) is 7.29. The van der Waals surface area contributed by atoms with E-state index in [1.54, 1.807) is 13.0 Å². The van der Waals surface area contributed by atoms with Crippen LogP contribution in [0.15, 0.2) is 22.8 Å². The predicted octanol–water partition coefficient (Wildman–Crippen LogP) is 0.623. The largest absolute Gasteiger partial charge is 0.550 e. The molecule has 0 aliphatic carbocycles. The average Bonchev–Trinajstić information content (AvgIpc) is 2.99. The monoisotopic (exact) mass is 309 g/mol. The molecule has 0 spiro atoms. The minimum absolute atomic E-state index is 0.0131. The van der Waals surface area contributed by atoms with Gasteiger partial charge in [-0.05, 0) is 24.5 Å². The number of carboxylic acids is 1. The summed E-state index contributed by atoms with van der Waals surface area (Å²) in [6, 6.07) is 3.01. The third kappa shape index (κ3) is 5.59. The van der Waals surface area contributed by atoms with Crippen LogP contribution in [-0.4, -0.2) is 17.8 Å². The van der Waals surface area contributed by atoms with E-state index in [9.17, 15) is 19.5 Å². The Labute approximate surface area is 129 Å². The molecule has 122 valence electrons. The summed E-state index contributed by atoms with van der Waals surface area (Å²) in [4.78, 5) is 34.4. The zero-order valence-corrected chi connectivity index (χ0v) is 12.8. The molecule has 0 saturated heterocycles. The van der Waals surface area contributed by atoms with E-state index in [1.807, 2.05) is 6.92 Å². The molecule has 7 heteroatoms. The van der Waals surface area contributed by atoms with Crippen molar-refractivity contribution in [3.63, 3.8) is 0 Å². The molecule has 0 bridgehead atoms. The van der Waals surface area contributed by atoms with Gasteiger partial charge in [0.25, 0.3) is 0 Å². The molecule has 1 heterocycles. The number of hydrogen-bond donors (Lipinski definition) is 2. The van der Waals surface area contributed by atoms with Crippen LogP contribution >= 0.6 is 0 Å². The molecule has 1 aromatic rings. The first kappa shape index (κ1) is 17.7. The number of carbonyl (C=O) groups is 3. The van der Waals surface area contributed by atoms with Gasteiger partial charge < -0.3 is 14.3 Å². The fourth-order valence-electron chi connectivity index (χ4n) is 2.14. The van der Waals surface area contributed by atoms with Crippen LogP contribution in [0.4, 0.5) is 0 Å². The fraction of sp³-hybridized carbons (Fsp3) is 0.533. The van der Waals surface area contributed by atoms with Gasteiger partial charge in [-0.15, -0.1) is 0 Å². The van der Waals surface area contributed by atoms with E-state index in [0.29, 0.717) is 6.42 Å². The molecule has 7 nitrogen and oxygen atoms in total. The number of amides is 2.